The third kappa shape index (κ3) is 2.37. The van der Waals surface area contributed by atoms with Crippen LogP contribution in [-0.4, -0.2) is 16.3 Å². The first kappa shape index (κ1) is 12.2. The van der Waals surface area contributed by atoms with Crippen LogP contribution < -0.4 is 0 Å². The number of aromatic nitrogens is 2. The van der Waals surface area contributed by atoms with E-state index < -0.39 is 11.7 Å². The number of carbonyl (C=O) groups excluding carboxylic acids is 1. The maximum absolute atomic E-state index is 12.4. The molecule has 92 valence electrons. The average Bonchev–Trinajstić information content (AvgIpc) is 2.38. The van der Waals surface area contributed by atoms with Crippen molar-refractivity contribution in [3.8, 4) is 11.3 Å². The van der Waals surface area contributed by atoms with Crippen LogP contribution in [0.1, 0.15) is 15.9 Å². The van der Waals surface area contributed by atoms with Crippen molar-refractivity contribution in [2.75, 3.05) is 0 Å². The van der Waals surface area contributed by atoms with Crippen LogP contribution in [0.3, 0.4) is 0 Å². The lowest BCUT2D eigenvalue weighted by Gasteiger charge is -2.08. The zero-order valence-electron chi connectivity index (χ0n) is 8.98. The van der Waals surface area contributed by atoms with Gasteiger partial charge in [-0.25, -0.2) is 9.97 Å². The Kier molecular flexibility index (Phi) is 3.10. The number of aldehydes is 1. The minimum absolute atomic E-state index is 0.234. The fourth-order valence-corrected chi connectivity index (χ4v) is 1.48. The van der Waals surface area contributed by atoms with Gasteiger partial charge in [-0.15, -0.1) is 0 Å². The molecule has 0 saturated carbocycles. The second kappa shape index (κ2) is 4.56. The molecule has 0 aliphatic heterocycles. The smallest absolute Gasteiger partial charge is 0.298 e. The maximum atomic E-state index is 12.4. The summed E-state index contributed by atoms with van der Waals surface area (Å²) in [6.45, 7) is 0. The van der Waals surface area contributed by atoms with Crippen molar-refractivity contribution in [3.63, 3.8) is 0 Å². The van der Waals surface area contributed by atoms with Crippen LogP contribution in [0.4, 0.5) is 13.2 Å². The number of nitrogens with zero attached hydrogens (tertiary/aromatic N) is 2. The van der Waals surface area contributed by atoms with Crippen LogP contribution in [0.5, 0.6) is 0 Å². The number of alkyl halides is 3. The monoisotopic (exact) mass is 252 g/mol. The Morgan fingerprint density at radius 3 is 2.33 bits per heavy atom. The van der Waals surface area contributed by atoms with Gasteiger partial charge >= 0.3 is 6.18 Å². The summed E-state index contributed by atoms with van der Waals surface area (Å²) in [7, 11) is 0. The van der Waals surface area contributed by atoms with Gasteiger partial charge in [-0.1, -0.05) is 12.1 Å². The lowest BCUT2D eigenvalue weighted by Crippen LogP contribution is -2.04. The largest absolute Gasteiger partial charge is 0.416 e. The van der Waals surface area contributed by atoms with E-state index >= 15 is 0 Å². The molecule has 2 rings (SSSR count). The van der Waals surface area contributed by atoms with Gasteiger partial charge in [0.05, 0.1) is 16.8 Å². The first-order valence-corrected chi connectivity index (χ1v) is 4.95. The predicted octanol–water partition coefficient (Wildman–Crippen LogP) is 2.97. The second-order valence-corrected chi connectivity index (χ2v) is 3.52. The van der Waals surface area contributed by atoms with E-state index in [0.29, 0.717) is 17.5 Å². The summed E-state index contributed by atoms with van der Waals surface area (Å²) >= 11 is 0. The van der Waals surface area contributed by atoms with E-state index in [1.807, 2.05) is 0 Å². The summed E-state index contributed by atoms with van der Waals surface area (Å²) in [6, 6.07) is 4.45. The molecule has 0 atom stereocenters. The van der Waals surface area contributed by atoms with Gasteiger partial charge < -0.3 is 0 Å². The van der Waals surface area contributed by atoms with Crippen molar-refractivity contribution in [1.29, 1.82) is 0 Å². The number of benzene rings is 1. The topological polar surface area (TPSA) is 42.9 Å². The lowest BCUT2D eigenvalue weighted by molar-refractivity contribution is -0.137. The van der Waals surface area contributed by atoms with E-state index in [1.165, 1.54) is 24.7 Å². The van der Waals surface area contributed by atoms with E-state index in [0.717, 1.165) is 12.1 Å². The summed E-state index contributed by atoms with van der Waals surface area (Å²) in [5.41, 5.74) is 0.242. The Balaban J connectivity index is 2.44. The number of hydrogen-bond acceptors (Lipinski definition) is 3. The van der Waals surface area contributed by atoms with Crippen molar-refractivity contribution in [2.45, 2.75) is 6.18 Å². The molecular formula is C12H7F3N2O. The summed E-state index contributed by atoms with van der Waals surface area (Å²) in [5, 5.41) is 0. The standard InChI is InChI=1S/C12H7F3N2O/c13-12(14,15)10-3-1-8(2-4-10)11-9(6-18)5-16-7-17-11/h1-7H. The molecule has 1 heterocycles. The van der Waals surface area contributed by atoms with Crippen molar-refractivity contribution in [1.82, 2.24) is 9.97 Å². The molecule has 1 aromatic carbocycles. The van der Waals surface area contributed by atoms with Crippen molar-refractivity contribution in [2.24, 2.45) is 0 Å². The fraction of sp³-hybridized carbons (Fsp3) is 0.0833. The summed E-state index contributed by atoms with van der Waals surface area (Å²) in [4.78, 5) is 18.3. The van der Waals surface area contributed by atoms with Gasteiger partial charge in [-0.2, -0.15) is 13.2 Å². The van der Waals surface area contributed by atoms with Gasteiger partial charge in [0.15, 0.2) is 6.29 Å². The first-order valence-electron chi connectivity index (χ1n) is 4.95. The molecule has 0 amide bonds. The Bertz CT molecular complexity index is 564. The third-order valence-electron chi connectivity index (χ3n) is 2.35. The van der Waals surface area contributed by atoms with Crippen LogP contribution in [-0.2, 0) is 6.18 Å². The third-order valence-corrected chi connectivity index (χ3v) is 2.35. The Labute approximate surface area is 100 Å². The quantitative estimate of drug-likeness (QED) is 0.771. The van der Waals surface area contributed by atoms with Gasteiger partial charge in [0.25, 0.3) is 0 Å². The molecule has 0 fully saturated rings. The molecule has 0 aliphatic rings. The van der Waals surface area contributed by atoms with Crippen LogP contribution in [0.15, 0.2) is 36.8 Å². The number of halogens is 3. The normalized spacial score (nSPS) is 11.3. The first-order chi connectivity index (χ1) is 8.52. The highest BCUT2D eigenvalue weighted by Gasteiger charge is 2.30. The fourth-order valence-electron chi connectivity index (χ4n) is 1.48. The van der Waals surface area contributed by atoms with E-state index in [1.54, 1.807) is 0 Å². The highest BCUT2D eigenvalue weighted by molar-refractivity contribution is 5.84. The molecule has 18 heavy (non-hydrogen) atoms. The van der Waals surface area contributed by atoms with Crippen molar-refractivity contribution < 1.29 is 18.0 Å². The Hall–Kier alpha value is -2.24. The number of hydrogen-bond donors (Lipinski definition) is 0. The SMILES string of the molecule is O=Cc1cncnc1-c1ccc(C(F)(F)F)cc1. The highest BCUT2D eigenvalue weighted by Crippen LogP contribution is 2.30. The minimum atomic E-state index is -4.38. The molecule has 2 aromatic rings. The molecule has 0 radical (unpaired) electrons. The van der Waals surface area contributed by atoms with Gasteiger partial charge in [0, 0.05) is 11.8 Å². The Morgan fingerprint density at radius 2 is 1.78 bits per heavy atom. The van der Waals surface area contributed by atoms with E-state index in [9.17, 15) is 18.0 Å². The van der Waals surface area contributed by atoms with E-state index in [-0.39, 0.29) is 5.56 Å². The van der Waals surface area contributed by atoms with Gasteiger partial charge in [-0.05, 0) is 12.1 Å². The summed E-state index contributed by atoms with van der Waals surface area (Å²) in [6.07, 6.45) is -1.27. The van der Waals surface area contributed by atoms with Crippen LogP contribution >= 0.6 is 0 Å². The molecule has 1 aromatic heterocycles. The Morgan fingerprint density at radius 1 is 1.11 bits per heavy atom. The molecular weight excluding hydrogens is 245 g/mol. The second-order valence-electron chi connectivity index (χ2n) is 3.52. The molecule has 0 bridgehead atoms. The van der Waals surface area contributed by atoms with Gasteiger partial charge in [0.2, 0.25) is 0 Å². The van der Waals surface area contributed by atoms with Crippen LogP contribution in [0.25, 0.3) is 11.3 Å². The van der Waals surface area contributed by atoms with Crippen molar-refractivity contribution in [3.05, 3.63) is 47.9 Å². The maximum Gasteiger partial charge on any atom is 0.416 e. The van der Waals surface area contributed by atoms with Crippen LogP contribution in [0.2, 0.25) is 0 Å². The lowest BCUT2D eigenvalue weighted by atomic mass is 10.1. The molecule has 3 nitrogen and oxygen atoms in total. The zero-order chi connectivity index (χ0) is 13.2. The molecule has 0 N–H and O–H groups in total. The van der Waals surface area contributed by atoms with E-state index in [2.05, 4.69) is 9.97 Å². The summed E-state index contributed by atoms with van der Waals surface area (Å²) in [5.74, 6) is 0. The highest BCUT2D eigenvalue weighted by atomic mass is 19.4. The van der Waals surface area contributed by atoms with Crippen LogP contribution in [0, 0.1) is 0 Å². The molecule has 0 aliphatic carbocycles. The molecule has 0 spiro atoms. The molecule has 0 saturated heterocycles. The van der Waals surface area contributed by atoms with E-state index in [4.69, 9.17) is 0 Å². The minimum Gasteiger partial charge on any atom is -0.298 e. The molecule has 6 heteroatoms. The average molecular weight is 252 g/mol. The number of carbonyl (C=O) groups is 1. The molecule has 0 unspecified atom stereocenters. The van der Waals surface area contributed by atoms with Gasteiger partial charge in [-0.3, -0.25) is 4.79 Å². The predicted molar refractivity (Wildman–Crippen MR) is 57.9 cm³/mol. The van der Waals surface area contributed by atoms with Crippen molar-refractivity contribution >= 4 is 6.29 Å². The number of rotatable bonds is 2. The summed E-state index contributed by atoms with van der Waals surface area (Å²) < 4.78 is 37.2. The van der Waals surface area contributed by atoms with Gasteiger partial charge in [0.1, 0.15) is 6.33 Å². The zero-order valence-corrected chi connectivity index (χ0v) is 8.98.